The smallest absolute Gasteiger partial charge is 0.0781 e. The van der Waals surface area contributed by atoms with Crippen molar-refractivity contribution in [1.82, 2.24) is 4.98 Å². The topological polar surface area (TPSA) is 25.2 Å². The second kappa shape index (κ2) is 6.93. The molecule has 3 aromatic carbocycles. The largest absolute Gasteiger partial charge is 0.256 e. The zero-order valence-corrected chi connectivity index (χ0v) is 15.0. The summed E-state index contributed by atoms with van der Waals surface area (Å²) >= 11 is 0. The van der Waals surface area contributed by atoms with Gasteiger partial charge in [0.1, 0.15) is 0 Å². The molecule has 26 heavy (non-hydrogen) atoms. The van der Waals surface area contributed by atoms with Crippen molar-refractivity contribution in [1.29, 1.82) is 0 Å². The van der Waals surface area contributed by atoms with Gasteiger partial charge in [-0.15, -0.1) is 0 Å². The second-order valence-electron chi connectivity index (χ2n) is 6.48. The van der Waals surface area contributed by atoms with Gasteiger partial charge in [0.05, 0.1) is 16.9 Å². The number of rotatable bonds is 3. The van der Waals surface area contributed by atoms with E-state index in [4.69, 9.17) is 4.99 Å². The van der Waals surface area contributed by atoms with Gasteiger partial charge >= 0.3 is 0 Å². The van der Waals surface area contributed by atoms with E-state index in [-0.39, 0.29) is 0 Å². The van der Waals surface area contributed by atoms with E-state index >= 15 is 0 Å². The molecule has 126 valence electrons. The molecule has 0 radical (unpaired) electrons. The molecular weight excluding hydrogens is 316 g/mol. The van der Waals surface area contributed by atoms with Crippen LogP contribution in [0, 0.1) is 13.8 Å². The van der Waals surface area contributed by atoms with Gasteiger partial charge in [0.25, 0.3) is 0 Å². The molecule has 2 nitrogen and oxygen atoms in total. The lowest BCUT2D eigenvalue weighted by molar-refractivity contribution is 1.33. The predicted octanol–water partition coefficient (Wildman–Crippen LogP) is 6.02. The van der Waals surface area contributed by atoms with Crippen LogP contribution >= 0.6 is 0 Å². The van der Waals surface area contributed by atoms with Crippen LogP contribution in [0.4, 0.5) is 5.69 Å². The molecule has 0 spiro atoms. The number of fused-ring (bicyclic) bond motifs is 1. The third kappa shape index (κ3) is 3.14. The molecule has 0 atom stereocenters. The zero-order valence-electron chi connectivity index (χ0n) is 15.0. The first-order valence-corrected chi connectivity index (χ1v) is 8.78. The number of aryl methyl sites for hydroxylation is 2. The number of hydrogen-bond acceptors (Lipinski definition) is 2. The van der Waals surface area contributed by atoms with Crippen molar-refractivity contribution >= 4 is 22.3 Å². The molecule has 0 aliphatic rings. The van der Waals surface area contributed by atoms with Crippen molar-refractivity contribution in [2.24, 2.45) is 4.99 Å². The van der Waals surface area contributed by atoms with Crippen LogP contribution < -0.4 is 0 Å². The molecule has 0 saturated heterocycles. The molecule has 0 unspecified atom stereocenters. The summed E-state index contributed by atoms with van der Waals surface area (Å²) in [5.41, 5.74) is 7.54. The van der Waals surface area contributed by atoms with Gasteiger partial charge in [-0.05, 0) is 43.2 Å². The predicted molar refractivity (Wildman–Crippen MR) is 109 cm³/mol. The number of hydrogen-bond donors (Lipinski definition) is 0. The van der Waals surface area contributed by atoms with Gasteiger partial charge < -0.3 is 0 Å². The van der Waals surface area contributed by atoms with Gasteiger partial charge in [0.15, 0.2) is 0 Å². The van der Waals surface area contributed by atoms with E-state index in [1.54, 1.807) is 0 Å². The minimum absolute atomic E-state index is 0.982. The molecule has 2 heteroatoms. The lowest BCUT2D eigenvalue weighted by atomic mass is 10.0. The Hall–Kier alpha value is -3.26. The van der Waals surface area contributed by atoms with Crippen molar-refractivity contribution < 1.29 is 0 Å². The molecule has 0 aliphatic carbocycles. The number of pyridine rings is 1. The van der Waals surface area contributed by atoms with Crippen molar-refractivity contribution in [3.63, 3.8) is 0 Å². The first-order valence-electron chi connectivity index (χ1n) is 8.78. The van der Waals surface area contributed by atoms with E-state index in [1.165, 1.54) is 5.56 Å². The summed E-state index contributed by atoms with van der Waals surface area (Å²) in [6.45, 7) is 4.21. The summed E-state index contributed by atoms with van der Waals surface area (Å²) in [5, 5.41) is 1.15. The van der Waals surface area contributed by atoms with Crippen LogP contribution in [0.5, 0.6) is 0 Å². The molecule has 0 amide bonds. The molecule has 4 rings (SSSR count). The highest BCUT2D eigenvalue weighted by atomic mass is 14.8. The highest BCUT2D eigenvalue weighted by Crippen LogP contribution is 2.28. The quantitative estimate of drug-likeness (QED) is 0.420. The molecule has 0 fully saturated rings. The monoisotopic (exact) mass is 336 g/mol. The van der Waals surface area contributed by atoms with Crippen molar-refractivity contribution in [3.05, 3.63) is 107 Å². The van der Waals surface area contributed by atoms with Gasteiger partial charge in [0, 0.05) is 22.7 Å². The molecule has 0 saturated carbocycles. The van der Waals surface area contributed by atoms with Gasteiger partial charge in [-0.2, -0.15) is 0 Å². The molecule has 1 heterocycles. The zero-order chi connectivity index (χ0) is 17.9. The molecule has 4 aromatic rings. The van der Waals surface area contributed by atoms with E-state index in [1.807, 2.05) is 24.4 Å². The van der Waals surface area contributed by atoms with Crippen molar-refractivity contribution in [3.8, 4) is 0 Å². The van der Waals surface area contributed by atoms with Gasteiger partial charge in [-0.25, -0.2) is 4.99 Å². The highest BCUT2D eigenvalue weighted by Gasteiger charge is 2.09. The van der Waals surface area contributed by atoms with E-state index in [0.717, 1.165) is 39.0 Å². The van der Waals surface area contributed by atoms with E-state index < -0.39 is 0 Å². The fraction of sp³-hybridized carbons (Fsp3) is 0.0833. The Morgan fingerprint density at radius 2 is 1.35 bits per heavy atom. The summed E-state index contributed by atoms with van der Waals surface area (Å²) in [6.07, 6.45) is 1.86. The molecule has 0 aliphatic heterocycles. The third-order valence-electron chi connectivity index (χ3n) is 4.60. The number of aliphatic imine (C=N–C) groups is 1. The van der Waals surface area contributed by atoms with Crippen LogP contribution in [-0.2, 0) is 0 Å². The first-order chi connectivity index (χ1) is 12.7. The standard InChI is InChI=1S/C24H20N2/c1-17-13-14-25-23-15-18(2)22(16-21(17)23)26-24(19-9-5-3-6-10-19)20-11-7-4-8-12-20/h3-16H,1-2H3. The number of aromatic nitrogens is 1. The Labute approximate surface area is 153 Å². The van der Waals surface area contributed by atoms with Gasteiger partial charge in [0.2, 0.25) is 0 Å². The summed E-state index contributed by atoms with van der Waals surface area (Å²) in [6, 6.07) is 27.0. The second-order valence-corrected chi connectivity index (χ2v) is 6.48. The minimum atomic E-state index is 0.982. The van der Waals surface area contributed by atoms with Crippen LogP contribution in [0.2, 0.25) is 0 Å². The molecule has 0 N–H and O–H groups in total. The maximum atomic E-state index is 5.08. The maximum absolute atomic E-state index is 5.08. The summed E-state index contributed by atoms with van der Waals surface area (Å²) < 4.78 is 0. The summed E-state index contributed by atoms with van der Waals surface area (Å²) in [4.78, 5) is 9.57. The molecule has 0 bridgehead atoms. The Balaban J connectivity index is 1.94. The van der Waals surface area contributed by atoms with E-state index in [2.05, 4.69) is 79.5 Å². The van der Waals surface area contributed by atoms with Crippen LogP contribution in [-0.4, -0.2) is 10.7 Å². The molecular formula is C24H20N2. The number of benzene rings is 3. The fourth-order valence-electron chi connectivity index (χ4n) is 3.15. The summed E-state index contributed by atoms with van der Waals surface area (Å²) in [7, 11) is 0. The Kier molecular flexibility index (Phi) is 4.32. The lowest BCUT2D eigenvalue weighted by Crippen LogP contribution is -2.02. The van der Waals surface area contributed by atoms with Crippen LogP contribution in [0.15, 0.2) is 90.1 Å². The van der Waals surface area contributed by atoms with Crippen LogP contribution in [0.3, 0.4) is 0 Å². The Morgan fingerprint density at radius 1 is 0.731 bits per heavy atom. The van der Waals surface area contributed by atoms with Crippen molar-refractivity contribution in [2.75, 3.05) is 0 Å². The van der Waals surface area contributed by atoms with E-state index in [0.29, 0.717) is 0 Å². The molecule has 1 aromatic heterocycles. The van der Waals surface area contributed by atoms with Crippen LogP contribution in [0.25, 0.3) is 10.9 Å². The Morgan fingerprint density at radius 3 is 1.96 bits per heavy atom. The van der Waals surface area contributed by atoms with E-state index in [9.17, 15) is 0 Å². The lowest BCUT2D eigenvalue weighted by Gasteiger charge is -2.10. The third-order valence-corrected chi connectivity index (χ3v) is 4.60. The average molecular weight is 336 g/mol. The first kappa shape index (κ1) is 16.2. The average Bonchev–Trinajstić information content (AvgIpc) is 2.68. The normalized spacial score (nSPS) is 10.7. The minimum Gasteiger partial charge on any atom is -0.256 e. The number of nitrogens with zero attached hydrogens (tertiary/aromatic N) is 2. The highest BCUT2D eigenvalue weighted by molar-refractivity contribution is 6.14. The maximum Gasteiger partial charge on any atom is 0.0781 e. The Bertz CT molecular complexity index is 1040. The van der Waals surface area contributed by atoms with Gasteiger partial charge in [-0.1, -0.05) is 60.7 Å². The summed E-state index contributed by atoms with van der Waals surface area (Å²) in [5.74, 6) is 0. The van der Waals surface area contributed by atoms with Crippen LogP contribution in [0.1, 0.15) is 22.3 Å². The fourth-order valence-corrected chi connectivity index (χ4v) is 3.15. The van der Waals surface area contributed by atoms with Crippen molar-refractivity contribution in [2.45, 2.75) is 13.8 Å². The SMILES string of the molecule is Cc1cc2nccc(C)c2cc1N=C(c1ccccc1)c1ccccc1. The van der Waals surface area contributed by atoms with Gasteiger partial charge in [-0.3, -0.25) is 4.98 Å².